The number of nitrogens with one attached hydrogen (secondary N) is 1. The number of thioether (sulfide) groups is 1. The molecule has 2 aromatic rings. The second-order valence-corrected chi connectivity index (χ2v) is 9.50. The minimum atomic E-state index is -3.66. The average Bonchev–Trinajstić information content (AvgIpc) is 3.26. The van der Waals surface area contributed by atoms with Crippen molar-refractivity contribution in [3.05, 3.63) is 48.3 Å². The average molecular weight is 436 g/mol. The van der Waals surface area contributed by atoms with Crippen LogP contribution in [0.2, 0.25) is 0 Å². The normalized spacial score (nSPS) is 14.7. The highest BCUT2D eigenvalue weighted by Gasteiger charge is 2.30. The molecule has 0 spiro atoms. The number of benzene rings is 1. The van der Waals surface area contributed by atoms with Gasteiger partial charge in [0.25, 0.3) is 0 Å². The van der Waals surface area contributed by atoms with Gasteiger partial charge in [0.2, 0.25) is 15.9 Å². The zero-order valence-corrected chi connectivity index (χ0v) is 18.0. The number of sulfonamides is 1. The van der Waals surface area contributed by atoms with Crippen molar-refractivity contribution in [1.82, 2.24) is 9.29 Å². The molecule has 1 aliphatic heterocycles. The Morgan fingerprint density at radius 3 is 2.76 bits per heavy atom. The summed E-state index contributed by atoms with van der Waals surface area (Å²) in [6.07, 6.45) is 5.19. The molecule has 1 aliphatic rings. The minimum Gasteiger partial charge on any atom is -0.492 e. The van der Waals surface area contributed by atoms with Gasteiger partial charge in [-0.3, -0.25) is 9.78 Å². The first-order valence-electron chi connectivity index (χ1n) is 9.54. The summed E-state index contributed by atoms with van der Waals surface area (Å²) in [6, 6.07) is 8.57. The van der Waals surface area contributed by atoms with E-state index in [1.165, 1.54) is 22.1 Å². The van der Waals surface area contributed by atoms with Gasteiger partial charge >= 0.3 is 0 Å². The number of hydrogen-bond acceptors (Lipinski definition) is 6. The van der Waals surface area contributed by atoms with E-state index in [-0.39, 0.29) is 16.6 Å². The van der Waals surface area contributed by atoms with Crippen LogP contribution in [0.3, 0.4) is 0 Å². The smallest absolute Gasteiger partial charge is 0.246 e. The molecular weight excluding hydrogens is 410 g/mol. The van der Waals surface area contributed by atoms with Gasteiger partial charge in [0.1, 0.15) is 10.6 Å². The number of aromatic nitrogens is 1. The number of amides is 1. The lowest BCUT2D eigenvalue weighted by molar-refractivity contribution is -0.113. The second-order valence-electron chi connectivity index (χ2n) is 6.61. The van der Waals surface area contributed by atoms with Gasteiger partial charge in [-0.1, -0.05) is 6.07 Å². The molecular formula is C20H25N3O4S2. The zero-order valence-electron chi connectivity index (χ0n) is 16.3. The number of nitrogens with zero attached hydrogens (tertiary/aromatic N) is 2. The molecule has 1 fully saturated rings. The Balaban J connectivity index is 1.68. The molecule has 29 heavy (non-hydrogen) atoms. The van der Waals surface area contributed by atoms with Gasteiger partial charge in [0.05, 0.1) is 12.4 Å². The van der Waals surface area contributed by atoms with E-state index in [4.69, 9.17) is 4.74 Å². The van der Waals surface area contributed by atoms with Crippen LogP contribution >= 0.6 is 11.8 Å². The van der Waals surface area contributed by atoms with Crippen LogP contribution in [0.1, 0.15) is 25.3 Å². The van der Waals surface area contributed by atoms with Gasteiger partial charge in [-0.25, -0.2) is 8.42 Å². The Labute approximate surface area is 175 Å². The molecule has 0 atom stereocenters. The lowest BCUT2D eigenvalue weighted by Crippen LogP contribution is -2.28. The van der Waals surface area contributed by atoms with E-state index in [2.05, 4.69) is 10.3 Å². The monoisotopic (exact) mass is 435 g/mol. The van der Waals surface area contributed by atoms with Gasteiger partial charge in [-0.15, -0.1) is 11.8 Å². The van der Waals surface area contributed by atoms with Crippen molar-refractivity contribution in [1.29, 1.82) is 0 Å². The first-order chi connectivity index (χ1) is 14.0. The van der Waals surface area contributed by atoms with E-state index in [1.807, 2.05) is 12.1 Å². The highest BCUT2D eigenvalue weighted by Crippen LogP contribution is 2.31. The summed E-state index contributed by atoms with van der Waals surface area (Å²) in [4.78, 5) is 16.4. The molecule has 0 bridgehead atoms. The highest BCUT2D eigenvalue weighted by molar-refractivity contribution is 7.99. The molecule has 7 nitrogen and oxygen atoms in total. The molecule has 1 N–H and O–H groups in total. The van der Waals surface area contributed by atoms with Crippen LogP contribution in [-0.2, 0) is 20.6 Å². The Kier molecular flexibility index (Phi) is 7.51. The number of carbonyl (C=O) groups is 1. The summed E-state index contributed by atoms with van der Waals surface area (Å²) in [5, 5.41) is 2.79. The molecule has 156 valence electrons. The fraction of sp³-hybridized carbons (Fsp3) is 0.400. The molecule has 9 heteroatoms. The predicted octanol–water partition coefficient (Wildman–Crippen LogP) is 3.14. The highest BCUT2D eigenvalue weighted by atomic mass is 32.2. The standard InChI is InChI=1S/C20H25N3O4S2/c1-2-27-18-8-7-17(12-19(18)29(25,26)23-10-3-4-11-23)22-20(24)15-28-14-16-6-5-9-21-13-16/h5-9,12-13H,2-4,10-11,14-15H2,1H3,(H,22,24). The fourth-order valence-corrected chi connectivity index (χ4v) is 5.51. The number of pyridine rings is 1. The largest absolute Gasteiger partial charge is 0.492 e. The van der Waals surface area contributed by atoms with E-state index in [0.29, 0.717) is 36.9 Å². The molecule has 1 amide bonds. The summed E-state index contributed by atoms with van der Waals surface area (Å²) in [6.45, 7) is 3.19. The Morgan fingerprint density at radius 1 is 1.28 bits per heavy atom. The summed E-state index contributed by atoms with van der Waals surface area (Å²) >= 11 is 1.47. The van der Waals surface area contributed by atoms with Crippen molar-refractivity contribution >= 4 is 33.4 Å². The molecule has 3 rings (SSSR count). The predicted molar refractivity (Wildman–Crippen MR) is 115 cm³/mol. The van der Waals surface area contributed by atoms with Crippen LogP contribution in [0.4, 0.5) is 5.69 Å². The van der Waals surface area contributed by atoms with Crippen LogP contribution < -0.4 is 10.1 Å². The Morgan fingerprint density at radius 2 is 2.07 bits per heavy atom. The third kappa shape index (κ3) is 5.71. The van der Waals surface area contributed by atoms with Gasteiger partial charge < -0.3 is 10.1 Å². The topological polar surface area (TPSA) is 88.6 Å². The molecule has 0 unspecified atom stereocenters. The molecule has 0 aliphatic carbocycles. The summed E-state index contributed by atoms with van der Waals surface area (Å²) in [5.41, 5.74) is 1.49. The van der Waals surface area contributed by atoms with E-state index in [1.54, 1.807) is 31.5 Å². The molecule has 2 heterocycles. The second kappa shape index (κ2) is 10.1. The maximum atomic E-state index is 13.0. The summed E-state index contributed by atoms with van der Waals surface area (Å²) in [7, 11) is -3.66. The minimum absolute atomic E-state index is 0.0991. The van der Waals surface area contributed by atoms with Crippen molar-refractivity contribution in [2.75, 3.05) is 30.8 Å². The van der Waals surface area contributed by atoms with Crippen molar-refractivity contribution in [3.63, 3.8) is 0 Å². The van der Waals surface area contributed by atoms with E-state index in [9.17, 15) is 13.2 Å². The van der Waals surface area contributed by atoms with Gasteiger partial charge in [0, 0.05) is 36.9 Å². The summed E-state index contributed by atoms with van der Waals surface area (Å²) < 4.78 is 33.0. The molecule has 0 saturated carbocycles. The number of ether oxygens (including phenoxy) is 1. The number of rotatable bonds is 9. The maximum Gasteiger partial charge on any atom is 0.246 e. The van der Waals surface area contributed by atoms with Crippen LogP contribution in [0.5, 0.6) is 5.75 Å². The third-order valence-corrected chi connectivity index (χ3v) is 7.36. The molecule has 0 radical (unpaired) electrons. The molecule has 1 aromatic heterocycles. The lowest BCUT2D eigenvalue weighted by atomic mass is 10.3. The molecule has 1 aromatic carbocycles. The first-order valence-corrected chi connectivity index (χ1v) is 12.1. The van der Waals surface area contributed by atoms with Crippen LogP contribution in [0.25, 0.3) is 0 Å². The Hall–Kier alpha value is -2.10. The third-order valence-electron chi connectivity index (χ3n) is 4.43. The lowest BCUT2D eigenvalue weighted by Gasteiger charge is -2.19. The van der Waals surface area contributed by atoms with Crippen molar-refractivity contribution in [2.24, 2.45) is 0 Å². The maximum absolute atomic E-state index is 13.0. The summed E-state index contributed by atoms with van der Waals surface area (Å²) in [5.74, 6) is 1.06. The van der Waals surface area contributed by atoms with E-state index < -0.39 is 10.0 Å². The van der Waals surface area contributed by atoms with Gasteiger partial charge in [-0.05, 0) is 49.6 Å². The van der Waals surface area contributed by atoms with Crippen molar-refractivity contribution in [3.8, 4) is 5.75 Å². The number of hydrogen-bond donors (Lipinski definition) is 1. The van der Waals surface area contributed by atoms with Crippen LogP contribution in [0, 0.1) is 0 Å². The first kappa shape index (κ1) is 21.6. The number of anilines is 1. The van der Waals surface area contributed by atoms with E-state index in [0.717, 1.165) is 18.4 Å². The van der Waals surface area contributed by atoms with Crippen molar-refractivity contribution < 1.29 is 17.9 Å². The van der Waals surface area contributed by atoms with Crippen LogP contribution in [-0.4, -0.2) is 49.1 Å². The quantitative estimate of drug-likeness (QED) is 0.651. The Bertz CT molecular complexity index is 930. The van der Waals surface area contributed by atoms with Gasteiger partial charge in [0.15, 0.2) is 0 Å². The van der Waals surface area contributed by atoms with Crippen molar-refractivity contribution in [2.45, 2.75) is 30.4 Å². The SMILES string of the molecule is CCOc1ccc(NC(=O)CSCc2cccnc2)cc1S(=O)(=O)N1CCCC1. The molecule has 1 saturated heterocycles. The van der Waals surface area contributed by atoms with E-state index >= 15 is 0 Å². The number of carbonyl (C=O) groups excluding carboxylic acids is 1. The fourth-order valence-electron chi connectivity index (χ4n) is 3.07. The zero-order chi connectivity index (χ0) is 20.7. The van der Waals surface area contributed by atoms with Gasteiger partial charge in [-0.2, -0.15) is 4.31 Å². The van der Waals surface area contributed by atoms with Crippen LogP contribution in [0.15, 0.2) is 47.6 Å².